The van der Waals surface area contributed by atoms with E-state index in [-0.39, 0.29) is 13.1 Å². The number of aryl methyl sites for hydroxylation is 1. The molecule has 2 rings (SSSR count). The molecule has 0 radical (unpaired) electrons. The van der Waals surface area contributed by atoms with Crippen LogP contribution in [0.1, 0.15) is 16.7 Å². The molecule has 29 heavy (non-hydrogen) atoms. The Bertz CT molecular complexity index is 1010. The summed E-state index contributed by atoms with van der Waals surface area (Å²) in [6.45, 7) is 1.41. The van der Waals surface area contributed by atoms with Gasteiger partial charge in [0.2, 0.25) is 15.9 Å². The Hall–Kier alpha value is -2.83. The molecule has 1 N–H and O–H groups in total. The zero-order valence-corrected chi connectivity index (χ0v) is 16.3. The second kappa shape index (κ2) is 9.11. The molecule has 0 aliphatic heterocycles. The van der Waals surface area contributed by atoms with Crippen LogP contribution in [0.2, 0.25) is 0 Å². The fourth-order valence-corrected chi connectivity index (χ4v) is 3.47. The van der Waals surface area contributed by atoms with Crippen molar-refractivity contribution in [3.63, 3.8) is 0 Å². The van der Waals surface area contributed by atoms with Crippen molar-refractivity contribution in [3.05, 3.63) is 65.2 Å². The lowest BCUT2D eigenvalue weighted by Crippen LogP contribution is -2.40. The number of nitrogens with zero attached hydrogens (tertiary/aromatic N) is 1. The third kappa shape index (κ3) is 6.34. The van der Waals surface area contributed by atoms with Gasteiger partial charge in [-0.1, -0.05) is 41.8 Å². The molecule has 0 atom stereocenters. The molecule has 0 aliphatic carbocycles. The van der Waals surface area contributed by atoms with E-state index >= 15 is 0 Å². The summed E-state index contributed by atoms with van der Waals surface area (Å²) in [7, 11) is -4.31. The molecule has 0 bridgehead atoms. The first kappa shape index (κ1) is 22.5. The molecule has 0 saturated carbocycles. The van der Waals surface area contributed by atoms with Crippen molar-refractivity contribution in [1.29, 1.82) is 0 Å². The molecule has 0 unspecified atom stereocenters. The molecule has 5 nitrogen and oxygen atoms in total. The Kier molecular flexibility index (Phi) is 7.06. The van der Waals surface area contributed by atoms with Crippen molar-refractivity contribution in [1.82, 2.24) is 9.62 Å². The van der Waals surface area contributed by atoms with E-state index in [4.69, 9.17) is 6.42 Å². The highest BCUT2D eigenvalue weighted by molar-refractivity contribution is 7.89. The quantitative estimate of drug-likeness (QED) is 0.695. The smallest absolute Gasteiger partial charge is 0.326 e. The van der Waals surface area contributed by atoms with Crippen LogP contribution in [0, 0.1) is 19.3 Å². The SMILES string of the molecule is C#CCN(Cc1ccc(C)cc1)C(=O)CNS(=O)(=O)c1cccc(C(F)(F)F)c1. The van der Waals surface area contributed by atoms with Crippen molar-refractivity contribution in [2.45, 2.75) is 24.5 Å². The molecule has 0 saturated heterocycles. The standard InChI is InChI=1S/C20H19F3N2O3S/c1-3-11-25(14-16-9-7-15(2)8-10-16)19(26)13-24-29(27,28)18-6-4-5-17(12-18)20(21,22)23/h1,4-10,12,24H,11,13-14H2,2H3. The maximum absolute atomic E-state index is 12.8. The average Bonchev–Trinajstić information content (AvgIpc) is 2.67. The fraction of sp³-hybridized carbons (Fsp3) is 0.250. The largest absolute Gasteiger partial charge is 0.416 e. The molecule has 154 valence electrons. The minimum Gasteiger partial charge on any atom is -0.326 e. The number of sulfonamides is 1. The van der Waals surface area contributed by atoms with Gasteiger partial charge < -0.3 is 4.90 Å². The Labute approximate surface area is 167 Å². The summed E-state index contributed by atoms with van der Waals surface area (Å²) < 4.78 is 65.0. The summed E-state index contributed by atoms with van der Waals surface area (Å²) in [6.07, 6.45) is 0.605. The number of halogens is 3. The van der Waals surface area contributed by atoms with Crippen molar-refractivity contribution in [2.24, 2.45) is 0 Å². The van der Waals surface area contributed by atoms with Gasteiger partial charge in [0.1, 0.15) is 0 Å². The van der Waals surface area contributed by atoms with Crippen LogP contribution in [0.25, 0.3) is 0 Å². The fourth-order valence-electron chi connectivity index (χ4n) is 2.45. The summed E-state index contributed by atoms with van der Waals surface area (Å²) in [4.78, 5) is 13.1. The molecule has 9 heteroatoms. The normalized spacial score (nSPS) is 11.7. The van der Waals surface area contributed by atoms with Gasteiger partial charge in [-0.05, 0) is 30.7 Å². The van der Waals surface area contributed by atoms with Gasteiger partial charge in [-0.25, -0.2) is 13.1 Å². The Morgan fingerprint density at radius 3 is 2.41 bits per heavy atom. The molecule has 2 aromatic rings. The third-order valence-corrected chi connectivity index (χ3v) is 5.41. The van der Waals surface area contributed by atoms with Gasteiger partial charge in [0.25, 0.3) is 0 Å². The summed E-state index contributed by atoms with van der Waals surface area (Å²) in [5.41, 5.74) is 0.748. The number of hydrogen-bond acceptors (Lipinski definition) is 3. The van der Waals surface area contributed by atoms with E-state index in [0.29, 0.717) is 6.07 Å². The van der Waals surface area contributed by atoms with Gasteiger partial charge >= 0.3 is 6.18 Å². The molecular formula is C20H19F3N2O3S. The summed E-state index contributed by atoms with van der Waals surface area (Å²) in [5.74, 6) is 1.74. The van der Waals surface area contributed by atoms with Crippen molar-refractivity contribution < 1.29 is 26.4 Å². The molecule has 0 fully saturated rings. The van der Waals surface area contributed by atoms with Crippen LogP contribution in [0.4, 0.5) is 13.2 Å². The lowest BCUT2D eigenvalue weighted by molar-refractivity contribution is -0.137. The van der Waals surface area contributed by atoms with Gasteiger partial charge in [0.05, 0.1) is 23.5 Å². The molecule has 0 aromatic heterocycles. The van der Waals surface area contributed by atoms with Crippen LogP contribution in [0.15, 0.2) is 53.4 Å². The highest BCUT2D eigenvalue weighted by atomic mass is 32.2. The predicted octanol–water partition coefficient (Wildman–Crippen LogP) is 2.95. The van der Waals surface area contributed by atoms with E-state index in [1.54, 1.807) is 0 Å². The summed E-state index contributed by atoms with van der Waals surface area (Å²) in [6, 6.07) is 10.7. The number of carbonyl (C=O) groups is 1. The van der Waals surface area contributed by atoms with Crippen LogP contribution >= 0.6 is 0 Å². The van der Waals surface area contributed by atoms with E-state index in [1.807, 2.05) is 35.9 Å². The maximum atomic E-state index is 12.8. The first-order valence-corrected chi connectivity index (χ1v) is 9.95. The van der Waals surface area contributed by atoms with Crippen molar-refractivity contribution >= 4 is 15.9 Å². The number of benzene rings is 2. The van der Waals surface area contributed by atoms with E-state index in [1.165, 1.54) is 4.90 Å². The minimum absolute atomic E-state index is 0.0437. The first-order chi connectivity index (χ1) is 13.5. The number of terminal acetylenes is 1. The Morgan fingerprint density at radius 2 is 1.83 bits per heavy atom. The van der Waals surface area contributed by atoms with Crippen LogP contribution < -0.4 is 4.72 Å². The van der Waals surface area contributed by atoms with Crippen LogP contribution in [0.3, 0.4) is 0 Å². The van der Waals surface area contributed by atoms with E-state index in [9.17, 15) is 26.4 Å². The molecule has 2 aromatic carbocycles. The number of alkyl halides is 3. The van der Waals surface area contributed by atoms with Gasteiger partial charge in [-0.2, -0.15) is 13.2 Å². The van der Waals surface area contributed by atoms with Gasteiger partial charge in [0.15, 0.2) is 0 Å². The molecule has 1 amide bonds. The number of carbonyl (C=O) groups excluding carboxylic acids is 1. The van der Waals surface area contributed by atoms with Gasteiger partial charge in [-0.15, -0.1) is 6.42 Å². The molecule has 0 spiro atoms. The maximum Gasteiger partial charge on any atom is 0.416 e. The number of hydrogen-bond donors (Lipinski definition) is 1. The van der Waals surface area contributed by atoms with Crippen LogP contribution in [0.5, 0.6) is 0 Å². The summed E-state index contributed by atoms with van der Waals surface area (Å²) >= 11 is 0. The highest BCUT2D eigenvalue weighted by Gasteiger charge is 2.31. The lowest BCUT2D eigenvalue weighted by atomic mass is 10.1. The van der Waals surface area contributed by atoms with Gasteiger partial charge in [-0.3, -0.25) is 4.79 Å². The molecular weight excluding hydrogens is 405 g/mol. The molecule has 0 heterocycles. The van der Waals surface area contributed by atoms with Crippen LogP contribution in [-0.4, -0.2) is 32.3 Å². The second-order valence-electron chi connectivity index (χ2n) is 6.29. The lowest BCUT2D eigenvalue weighted by Gasteiger charge is -2.21. The van der Waals surface area contributed by atoms with E-state index < -0.39 is 39.1 Å². The summed E-state index contributed by atoms with van der Waals surface area (Å²) in [5, 5.41) is 0. The minimum atomic E-state index is -4.68. The predicted molar refractivity (Wildman–Crippen MR) is 102 cm³/mol. The highest BCUT2D eigenvalue weighted by Crippen LogP contribution is 2.30. The Balaban J connectivity index is 2.10. The van der Waals surface area contributed by atoms with E-state index in [2.05, 4.69) is 5.92 Å². The van der Waals surface area contributed by atoms with Crippen molar-refractivity contribution in [2.75, 3.05) is 13.1 Å². The second-order valence-corrected chi connectivity index (χ2v) is 8.06. The topological polar surface area (TPSA) is 66.5 Å². The third-order valence-electron chi connectivity index (χ3n) is 4.01. The molecule has 0 aliphatic rings. The van der Waals surface area contributed by atoms with Gasteiger partial charge in [0, 0.05) is 6.54 Å². The zero-order valence-electron chi connectivity index (χ0n) is 15.5. The number of rotatable bonds is 7. The monoisotopic (exact) mass is 424 g/mol. The zero-order chi connectivity index (χ0) is 21.7. The number of amides is 1. The number of nitrogens with one attached hydrogen (secondary N) is 1. The van der Waals surface area contributed by atoms with Crippen LogP contribution in [-0.2, 0) is 27.5 Å². The average molecular weight is 424 g/mol. The Morgan fingerprint density at radius 1 is 1.17 bits per heavy atom. The first-order valence-electron chi connectivity index (χ1n) is 8.46. The van der Waals surface area contributed by atoms with E-state index in [0.717, 1.165) is 29.3 Å². The van der Waals surface area contributed by atoms with Crippen molar-refractivity contribution in [3.8, 4) is 12.3 Å².